The molecule has 1 N–H and O–H groups in total. The van der Waals surface area contributed by atoms with Gasteiger partial charge >= 0.3 is 5.97 Å². The van der Waals surface area contributed by atoms with Gasteiger partial charge in [0.05, 0.1) is 12.0 Å². The molecule has 4 nitrogen and oxygen atoms in total. The molecule has 1 amide bonds. The number of rotatable bonds is 3. The third-order valence-corrected chi connectivity index (χ3v) is 4.76. The number of carbonyl (C=O) groups excluding carboxylic acids is 1. The largest absolute Gasteiger partial charge is 0.481 e. The molecular weight excluding hydrogens is 322 g/mol. The Hall–Kier alpha value is -1.36. The highest BCUT2D eigenvalue weighted by Gasteiger charge is 2.40. The Morgan fingerprint density at radius 3 is 2.75 bits per heavy atom. The molecule has 1 aliphatic rings. The first kappa shape index (κ1) is 15.0. The van der Waals surface area contributed by atoms with Crippen molar-refractivity contribution in [2.75, 3.05) is 6.54 Å². The first-order valence-electron chi connectivity index (χ1n) is 6.74. The van der Waals surface area contributed by atoms with Crippen molar-refractivity contribution in [1.29, 1.82) is 0 Å². The van der Waals surface area contributed by atoms with E-state index >= 15 is 0 Å². The molecule has 0 bridgehead atoms. The van der Waals surface area contributed by atoms with Crippen LogP contribution in [0.5, 0.6) is 0 Å². The number of likely N-dealkylation sites (tertiary alicyclic amines) is 1. The van der Waals surface area contributed by atoms with E-state index < -0.39 is 11.9 Å². The lowest BCUT2D eigenvalue weighted by Gasteiger charge is -2.39. The summed E-state index contributed by atoms with van der Waals surface area (Å²) in [6, 6.07) is 5.42. The number of aliphatic carboxylic acids is 1. The molecule has 5 heteroatoms. The van der Waals surface area contributed by atoms with Gasteiger partial charge in [0.15, 0.2) is 0 Å². The van der Waals surface area contributed by atoms with Crippen molar-refractivity contribution < 1.29 is 14.7 Å². The number of hydrogen-bond donors (Lipinski definition) is 1. The van der Waals surface area contributed by atoms with E-state index in [2.05, 4.69) is 15.9 Å². The number of amides is 1. The Labute approximate surface area is 126 Å². The van der Waals surface area contributed by atoms with Crippen molar-refractivity contribution in [1.82, 2.24) is 4.90 Å². The molecule has 1 fully saturated rings. The second kappa shape index (κ2) is 5.95. The molecule has 1 saturated heterocycles. The highest BCUT2D eigenvalue weighted by atomic mass is 79.9. The summed E-state index contributed by atoms with van der Waals surface area (Å²) in [6.07, 6.45) is 0.717. The van der Waals surface area contributed by atoms with E-state index in [1.54, 1.807) is 4.90 Å². The van der Waals surface area contributed by atoms with Crippen LogP contribution in [0.2, 0.25) is 0 Å². The predicted octanol–water partition coefficient (Wildman–Crippen LogP) is 3.14. The van der Waals surface area contributed by atoms with Crippen molar-refractivity contribution in [3.05, 3.63) is 33.8 Å². The Kier molecular flexibility index (Phi) is 4.48. The monoisotopic (exact) mass is 339 g/mol. The Bertz CT molecular complexity index is 542. The fourth-order valence-corrected chi connectivity index (χ4v) is 3.19. The smallest absolute Gasteiger partial charge is 0.308 e. The van der Waals surface area contributed by atoms with Gasteiger partial charge in [0.1, 0.15) is 0 Å². The van der Waals surface area contributed by atoms with Crippen LogP contribution in [-0.4, -0.2) is 28.4 Å². The minimum Gasteiger partial charge on any atom is -0.481 e. The minimum atomic E-state index is -0.836. The average molecular weight is 340 g/mol. The maximum atomic E-state index is 12.1. The van der Waals surface area contributed by atoms with Gasteiger partial charge in [-0.2, -0.15) is 0 Å². The Morgan fingerprint density at radius 1 is 1.50 bits per heavy atom. The van der Waals surface area contributed by atoms with E-state index in [0.29, 0.717) is 19.4 Å². The standard InChI is InChI=1S/C15H18BrNO3/c1-3-17-13(18)7-6-11(15(19)20)14(17)10-5-4-9(2)12(16)8-10/h4-5,8,11,14H,3,6-7H2,1-2H3,(H,19,20). The minimum absolute atomic E-state index is 0.0340. The van der Waals surface area contributed by atoms with Crippen LogP contribution in [0.4, 0.5) is 0 Å². The number of nitrogens with zero attached hydrogens (tertiary/aromatic N) is 1. The van der Waals surface area contributed by atoms with Crippen molar-refractivity contribution in [3.63, 3.8) is 0 Å². The van der Waals surface area contributed by atoms with E-state index in [4.69, 9.17) is 0 Å². The fourth-order valence-electron chi connectivity index (χ4n) is 2.79. The lowest BCUT2D eigenvalue weighted by Crippen LogP contribution is -2.45. The van der Waals surface area contributed by atoms with Gasteiger partial charge in [-0.3, -0.25) is 9.59 Å². The first-order valence-corrected chi connectivity index (χ1v) is 7.53. The summed E-state index contributed by atoms with van der Waals surface area (Å²) in [5.41, 5.74) is 1.97. The summed E-state index contributed by atoms with van der Waals surface area (Å²) in [5, 5.41) is 9.44. The molecule has 1 heterocycles. The van der Waals surface area contributed by atoms with Gasteiger partial charge in [0, 0.05) is 17.4 Å². The van der Waals surface area contributed by atoms with Gasteiger partial charge < -0.3 is 10.0 Å². The molecular formula is C15H18BrNO3. The quantitative estimate of drug-likeness (QED) is 0.920. The second-order valence-electron chi connectivity index (χ2n) is 5.12. The molecule has 20 heavy (non-hydrogen) atoms. The van der Waals surface area contributed by atoms with Gasteiger partial charge in [-0.1, -0.05) is 28.1 Å². The zero-order valence-corrected chi connectivity index (χ0v) is 13.2. The molecule has 0 aromatic heterocycles. The summed E-state index contributed by atoms with van der Waals surface area (Å²) in [6.45, 7) is 4.39. The predicted molar refractivity (Wildman–Crippen MR) is 79.4 cm³/mol. The Balaban J connectivity index is 2.46. The van der Waals surface area contributed by atoms with Crippen LogP contribution >= 0.6 is 15.9 Å². The molecule has 1 aliphatic heterocycles. The van der Waals surface area contributed by atoms with Crippen molar-refractivity contribution in [2.24, 2.45) is 5.92 Å². The lowest BCUT2D eigenvalue weighted by molar-refractivity contribution is -0.151. The summed E-state index contributed by atoms with van der Waals surface area (Å²) in [7, 11) is 0. The molecule has 0 aliphatic carbocycles. The van der Waals surface area contributed by atoms with E-state index in [-0.39, 0.29) is 11.9 Å². The zero-order valence-electron chi connectivity index (χ0n) is 11.6. The number of halogens is 1. The number of benzene rings is 1. The summed E-state index contributed by atoms with van der Waals surface area (Å²) in [5.74, 6) is -1.34. The highest BCUT2D eigenvalue weighted by molar-refractivity contribution is 9.10. The first-order chi connectivity index (χ1) is 9.45. The summed E-state index contributed by atoms with van der Waals surface area (Å²) in [4.78, 5) is 25.2. The maximum absolute atomic E-state index is 12.1. The normalized spacial score (nSPS) is 22.9. The molecule has 108 valence electrons. The van der Waals surface area contributed by atoms with Crippen LogP contribution in [-0.2, 0) is 9.59 Å². The van der Waals surface area contributed by atoms with Crippen LogP contribution in [0.1, 0.15) is 36.9 Å². The molecule has 2 unspecified atom stereocenters. The van der Waals surface area contributed by atoms with Crippen LogP contribution in [0.15, 0.2) is 22.7 Å². The summed E-state index contributed by atoms with van der Waals surface area (Å²) < 4.78 is 0.938. The second-order valence-corrected chi connectivity index (χ2v) is 5.97. The number of carboxylic acids is 1. The maximum Gasteiger partial charge on any atom is 0.308 e. The molecule has 0 spiro atoms. The van der Waals surface area contributed by atoms with Crippen molar-refractivity contribution in [2.45, 2.75) is 32.7 Å². The number of carboxylic acid groups (broad SMARTS) is 1. The van der Waals surface area contributed by atoms with Gasteiger partial charge in [0.25, 0.3) is 0 Å². The average Bonchev–Trinajstić information content (AvgIpc) is 2.41. The van der Waals surface area contributed by atoms with E-state index in [9.17, 15) is 14.7 Å². The van der Waals surface area contributed by atoms with Crippen LogP contribution in [0.3, 0.4) is 0 Å². The van der Waals surface area contributed by atoms with Crippen molar-refractivity contribution in [3.8, 4) is 0 Å². The topological polar surface area (TPSA) is 57.6 Å². The number of hydrogen-bond acceptors (Lipinski definition) is 2. The molecule has 2 rings (SSSR count). The molecule has 2 atom stereocenters. The van der Waals surface area contributed by atoms with E-state index in [1.807, 2.05) is 32.0 Å². The molecule has 0 saturated carbocycles. The van der Waals surface area contributed by atoms with Gasteiger partial charge in [0.2, 0.25) is 5.91 Å². The number of carbonyl (C=O) groups is 2. The van der Waals surface area contributed by atoms with E-state index in [1.165, 1.54) is 0 Å². The highest BCUT2D eigenvalue weighted by Crippen LogP contribution is 2.38. The number of aryl methyl sites for hydroxylation is 1. The lowest BCUT2D eigenvalue weighted by atomic mass is 9.84. The SMILES string of the molecule is CCN1C(=O)CCC(C(=O)O)C1c1ccc(C)c(Br)c1. The van der Waals surface area contributed by atoms with Crippen LogP contribution in [0, 0.1) is 12.8 Å². The third kappa shape index (κ3) is 2.73. The molecule has 0 radical (unpaired) electrons. The van der Waals surface area contributed by atoms with Gasteiger partial charge in [-0.05, 0) is 37.5 Å². The van der Waals surface area contributed by atoms with Gasteiger partial charge in [-0.25, -0.2) is 0 Å². The van der Waals surface area contributed by atoms with Gasteiger partial charge in [-0.15, -0.1) is 0 Å². The Morgan fingerprint density at radius 2 is 2.20 bits per heavy atom. The molecule has 1 aromatic rings. The fraction of sp³-hybridized carbons (Fsp3) is 0.467. The van der Waals surface area contributed by atoms with Crippen molar-refractivity contribution >= 4 is 27.8 Å². The summed E-state index contributed by atoms with van der Waals surface area (Å²) >= 11 is 3.48. The molecule has 1 aromatic carbocycles. The zero-order chi connectivity index (χ0) is 14.9. The third-order valence-electron chi connectivity index (χ3n) is 3.90. The van der Waals surface area contributed by atoms with Crippen LogP contribution in [0.25, 0.3) is 0 Å². The number of piperidine rings is 1. The van der Waals surface area contributed by atoms with Crippen LogP contribution < -0.4 is 0 Å². The van der Waals surface area contributed by atoms with E-state index in [0.717, 1.165) is 15.6 Å².